The summed E-state index contributed by atoms with van der Waals surface area (Å²) in [6.07, 6.45) is 2.43. The van der Waals surface area contributed by atoms with Crippen LogP contribution in [0.5, 0.6) is 5.75 Å². The van der Waals surface area contributed by atoms with E-state index in [4.69, 9.17) is 16.0 Å². The Morgan fingerprint density at radius 3 is 2.89 bits per heavy atom. The Labute approximate surface area is 109 Å². The fourth-order valence-electron chi connectivity index (χ4n) is 1.51. The van der Waals surface area contributed by atoms with Gasteiger partial charge in [0, 0.05) is 24.6 Å². The van der Waals surface area contributed by atoms with E-state index >= 15 is 0 Å². The summed E-state index contributed by atoms with van der Waals surface area (Å²) < 4.78 is 5.13. The van der Waals surface area contributed by atoms with Gasteiger partial charge in [-0.3, -0.25) is 4.79 Å². The second-order valence-corrected chi connectivity index (χ2v) is 4.20. The largest absolute Gasteiger partial charge is 0.506 e. The molecule has 94 valence electrons. The Balaban J connectivity index is 1.88. The number of carbonyl (C=O) groups is 1. The molecule has 5 heteroatoms. The van der Waals surface area contributed by atoms with E-state index in [2.05, 4.69) is 5.32 Å². The van der Waals surface area contributed by atoms with Crippen LogP contribution in [0.25, 0.3) is 0 Å². The third-order valence-corrected chi connectivity index (χ3v) is 2.73. The number of carbonyl (C=O) groups excluding carboxylic acids is 1. The van der Waals surface area contributed by atoms with Crippen LogP contribution in [0, 0.1) is 0 Å². The van der Waals surface area contributed by atoms with E-state index in [-0.39, 0.29) is 16.7 Å². The molecule has 2 rings (SSSR count). The molecule has 0 saturated heterocycles. The van der Waals surface area contributed by atoms with E-state index in [1.165, 1.54) is 12.1 Å². The van der Waals surface area contributed by atoms with Crippen LogP contribution in [-0.4, -0.2) is 11.0 Å². The Morgan fingerprint density at radius 2 is 2.22 bits per heavy atom. The molecule has 0 aliphatic rings. The van der Waals surface area contributed by atoms with Crippen molar-refractivity contribution in [2.24, 2.45) is 0 Å². The summed E-state index contributed by atoms with van der Waals surface area (Å²) in [4.78, 5) is 11.6. The topological polar surface area (TPSA) is 62.5 Å². The van der Waals surface area contributed by atoms with E-state index in [1.54, 1.807) is 18.4 Å². The predicted molar refractivity (Wildman–Crippen MR) is 68.8 cm³/mol. The number of anilines is 1. The number of hydrogen-bond acceptors (Lipinski definition) is 3. The maximum absolute atomic E-state index is 11.6. The molecule has 0 atom stereocenters. The molecule has 1 amide bonds. The molecule has 0 bridgehead atoms. The molecule has 1 aromatic heterocycles. The lowest BCUT2D eigenvalue weighted by molar-refractivity contribution is -0.116. The summed E-state index contributed by atoms with van der Waals surface area (Å²) in [6, 6.07) is 8.17. The second-order valence-electron chi connectivity index (χ2n) is 3.79. The first-order chi connectivity index (χ1) is 8.65. The molecule has 0 fully saturated rings. The van der Waals surface area contributed by atoms with Gasteiger partial charge >= 0.3 is 0 Å². The number of aromatic hydroxyl groups is 1. The van der Waals surface area contributed by atoms with Crippen LogP contribution in [0.4, 0.5) is 5.69 Å². The SMILES string of the molecule is O=C(CCc1ccco1)Nc1ccc(Cl)c(O)c1. The molecule has 0 aliphatic heterocycles. The average Bonchev–Trinajstić information content (AvgIpc) is 2.84. The highest BCUT2D eigenvalue weighted by atomic mass is 35.5. The van der Waals surface area contributed by atoms with Gasteiger partial charge in [-0.2, -0.15) is 0 Å². The molecular weight excluding hydrogens is 254 g/mol. The summed E-state index contributed by atoms with van der Waals surface area (Å²) in [5, 5.41) is 12.3. The number of halogens is 1. The van der Waals surface area contributed by atoms with Gasteiger partial charge in [0.05, 0.1) is 11.3 Å². The first-order valence-corrected chi connectivity index (χ1v) is 5.83. The molecule has 4 nitrogen and oxygen atoms in total. The van der Waals surface area contributed by atoms with Crippen LogP contribution in [0.15, 0.2) is 41.0 Å². The lowest BCUT2D eigenvalue weighted by atomic mass is 10.2. The molecule has 0 saturated carbocycles. The van der Waals surface area contributed by atoms with Gasteiger partial charge in [-0.1, -0.05) is 11.6 Å². The van der Waals surface area contributed by atoms with E-state index in [9.17, 15) is 9.90 Å². The van der Waals surface area contributed by atoms with Crippen molar-refractivity contribution < 1.29 is 14.3 Å². The minimum absolute atomic E-state index is 0.0551. The number of nitrogens with one attached hydrogen (secondary N) is 1. The van der Waals surface area contributed by atoms with Crippen molar-refractivity contribution in [2.75, 3.05) is 5.32 Å². The van der Waals surface area contributed by atoms with E-state index < -0.39 is 0 Å². The average molecular weight is 266 g/mol. The number of phenolic OH excluding ortho intramolecular Hbond substituents is 1. The fourth-order valence-corrected chi connectivity index (χ4v) is 1.62. The molecule has 18 heavy (non-hydrogen) atoms. The Morgan fingerprint density at radius 1 is 1.39 bits per heavy atom. The smallest absolute Gasteiger partial charge is 0.224 e. The molecule has 0 spiro atoms. The van der Waals surface area contributed by atoms with Gasteiger partial charge in [0.2, 0.25) is 5.91 Å². The van der Waals surface area contributed by atoms with Gasteiger partial charge in [-0.05, 0) is 24.3 Å². The third-order valence-electron chi connectivity index (χ3n) is 2.41. The standard InChI is InChI=1S/C13H12ClNO3/c14-11-5-3-9(8-12(11)16)15-13(17)6-4-10-2-1-7-18-10/h1-3,5,7-8,16H,4,6H2,(H,15,17). The molecule has 1 heterocycles. The van der Waals surface area contributed by atoms with Crippen LogP contribution >= 0.6 is 11.6 Å². The zero-order valence-corrected chi connectivity index (χ0v) is 10.3. The maximum Gasteiger partial charge on any atom is 0.224 e. The van der Waals surface area contributed by atoms with Crippen LogP contribution in [0.2, 0.25) is 5.02 Å². The highest BCUT2D eigenvalue weighted by Crippen LogP contribution is 2.26. The number of amides is 1. The Hall–Kier alpha value is -1.94. The molecule has 1 aromatic carbocycles. The summed E-state index contributed by atoms with van der Waals surface area (Å²) in [6.45, 7) is 0. The minimum Gasteiger partial charge on any atom is -0.506 e. The highest BCUT2D eigenvalue weighted by molar-refractivity contribution is 6.32. The summed E-state index contributed by atoms with van der Waals surface area (Å²) in [5.41, 5.74) is 0.515. The third kappa shape index (κ3) is 3.28. The number of rotatable bonds is 4. The summed E-state index contributed by atoms with van der Waals surface area (Å²) in [7, 11) is 0. The Bertz CT molecular complexity index is 537. The van der Waals surface area contributed by atoms with Crippen molar-refractivity contribution in [3.05, 3.63) is 47.4 Å². The second kappa shape index (κ2) is 5.60. The quantitative estimate of drug-likeness (QED) is 0.892. The van der Waals surface area contributed by atoms with Gasteiger partial charge in [0.1, 0.15) is 11.5 Å². The summed E-state index contributed by atoms with van der Waals surface area (Å²) >= 11 is 5.67. The predicted octanol–water partition coefficient (Wildman–Crippen LogP) is 3.21. The van der Waals surface area contributed by atoms with Gasteiger partial charge in [0.15, 0.2) is 0 Å². The van der Waals surface area contributed by atoms with Crippen LogP contribution in [-0.2, 0) is 11.2 Å². The van der Waals surface area contributed by atoms with Gasteiger partial charge < -0.3 is 14.8 Å². The number of aryl methyl sites for hydroxylation is 1. The zero-order valence-electron chi connectivity index (χ0n) is 9.52. The lowest BCUT2D eigenvalue weighted by Crippen LogP contribution is -2.12. The maximum atomic E-state index is 11.6. The van der Waals surface area contributed by atoms with Crippen molar-refractivity contribution in [3.8, 4) is 5.75 Å². The molecular formula is C13H12ClNO3. The number of furan rings is 1. The van der Waals surface area contributed by atoms with Crippen LogP contribution < -0.4 is 5.32 Å². The van der Waals surface area contributed by atoms with Crippen molar-refractivity contribution >= 4 is 23.2 Å². The van der Waals surface area contributed by atoms with E-state index in [0.717, 1.165) is 5.76 Å². The van der Waals surface area contributed by atoms with E-state index in [0.29, 0.717) is 18.5 Å². The van der Waals surface area contributed by atoms with Crippen molar-refractivity contribution in [3.63, 3.8) is 0 Å². The highest BCUT2D eigenvalue weighted by Gasteiger charge is 2.06. The number of phenols is 1. The van der Waals surface area contributed by atoms with Crippen molar-refractivity contribution in [1.82, 2.24) is 0 Å². The minimum atomic E-state index is -0.145. The first-order valence-electron chi connectivity index (χ1n) is 5.46. The zero-order chi connectivity index (χ0) is 13.0. The Kier molecular flexibility index (Phi) is 3.89. The summed E-state index contributed by atoms with van der Waals surface area (Å²) in [5.74, 6) is 0.567. The van der Waals surface area contributed by atoms with Gasteiger partial charge in [-0.25, -0.2) is 0 Å². The molecule has 2 aromatic rings. The number of hydrogen-bond donors (Lipinski definition) is 2. The van der Waals surface area contributed by atoms with Gasteiger partial charge in [0.25, 0.3) is 0 Å². The lowest BCUT2D eigenvalue weighted by Gasteiger charge is -2.05. The van der Waals surface area contributed by atoms with Gasteiger partial charge in [-0.15, -0.1) is 0 Å². The van der Waals surface area contributed by atoms with Crippen molar-refractivity contribution in [1.29, 1.82) is 0 Å². The molecule has 0 unspecified atom stereocenters. The molecule has 0 aliphatic carbocycles. The first kappa shape index (κ1) is 12.5. The van der Waals surface area contributed by atoms with Crippen molar-refractivity contribution in [2.45, 2.75) is 12.8 Å². The van der Waals surface area contributed by atoms with Crippen LogP contribution in [0.1, 0.15) is 12.2 Å². The normalized spacial score (nSPS) is 10.3. The molecule has 0 radical (unpaired) electrons. The molecule has 2 N–H and O–H groups in total. The monoisotopic (exact) mass is 265 g/mol. The fraction of sp³-hybridized carbons (Fsp3) is 0.154. The van der Waals surface area contributed by atoms with Crippen LogP contribution in [0.3, 0.4) is 0 Å². The number of benzene rings is 1. The van der Waals surface area contributed by atoms with E-state index in [1.807, 2.05) is 6.07 Å².